The normalized spacial score (nSPS) is 10.6. The lowest BCUT2D eigenvalue weighted by Gasteiger charge is -2.08. The maximum absolute atomic E-state index is 11.9. The Bertz CT molecular complexity index is 794. The molecule has 5 nitrogen and oxygen atoms in total. The SMILES string of the molecule is CCOC(=O)c1ccc(C)c(-c2occc2-c2csnn2)c1. The first-order valence-corrected chi connectivity index (χ1v) is 7.67. The van der Waals surface area contributed by atoms with Crippen LogP contribution in [-0.4, -0.2) is 22.2 Å². The van der Waals surface area contributed by atoms with Crippen molar-refractivity contribution in [3.8, 4) is 22.6 Å². The zero-order valence-electron chi connectivity index (χ0n) is 12.2. The van der Waals surface area contributed by atoms with Crippen LogP contribution in [0.5, 0.6) is 0 Å². The lowest BCUT2D eigenvalue weighted by molar-refractivity contribution is 0.0526. The van der Waals surface area contributed by atoms with Crippen LogP contribution in [0.1, 0.15) is 22.8 Å². The predicted molar refractivity (Wildman–Crippen MR) is 83.7 cm³/mol. The van der Waals surface area contributed by atoms with Crippen molar-refractivity contribution in [2.24, 2.45) is 0 Å². The van der Waals surface area contributed by atoms with Gasteiger partial charge in [-0.1, -0.05) is 10.6 Å². The number of aryl methyl sites for hydroxylation is 1. The Morgan fingerprint density at radius 2 is 2.18 bits per heavy atom. The van der Waals surface area contributed by atoms with Gasteiger partial charge in [0.05, 0.1) is 18.4 Å². The summed E-state index contributed by atoms with van der Waals surface area (Å²) in [5.41, 5.74) is 3.97. The molecular formula is C16H14N2O3S. The van der Waals surface area contributed by atoms with Gasteiger partial charge in [-0.3, -0.25) is 0 Å². The maximum atomic E-state index is 11.9. The van der Waals surface area contributed by atoms with E-state index >= 15 is 0 Å². The quantitative estimate of drug-likeness (QED) is 0.682. The fraction of sp³-hybridized carbons (Fsp3) is 0.188. The molecule has 0 saturated carbocycles. The minimum atomic E-state index is -0.341. The highest BCUT2D eigenvalue weighted by Crippen LogP contribution is 2.34. The van der Waals surface area contributed by atoms with Crippen LogP contribution in [0.2, 0.25) is 0 Å². The number of hydrogen-bond acceptors (Lipinski definition) is 6. The van der Waals surface area contributed by atoms with Crippen molar-refractivity contribution < 1.29 is 13.9 Å². The van der Waals surface area contributed by atoms with E-state index in [4.69, 9.17) is 9.15 Å². The van der Waals surface area contributed by atoms with Gasteiger partial charge in [-0.2, -0.15) is 0 Å². The Hall–Kier alpha value is -2.47. The van der Waals surface area contributed by atoms with E-state index < -0.39 is 0 Å². The van der Waals surface area contributed by atoms with E-state index in [2.05, 4.69) is 9.59 Å². The Balaban J connectivity index is 2.07. The summed E-state index contributed by atoms with van der Waals surface area (Å²) >= 11 is 1.28. The fourth-order valence-electron chi connectivity index (χ4n) is 2.21. The van der Waals surface area contributed by atoms with Gasteiger partial charge in [-0.15, -0.1) is 5.10 Å². The number of aromatic nitrogens is 2. The summed E-state index contributed by atoms with van der Waals surface area (Å²) in [5.74, 6) is 0.337. The molecular weight excluding hydrogens is 300 g/mol. The predicted octanol–water partition coefficient (Wildman–Crippen LogP) is 3.95. The lowest BCUT2D eigenvalue weighted by Crippen LogP contribution is -2.05. The zero-order chi connectivity index (χ0) is 15.5. The van der Waals surface area contributed by atoms with Crippen molar-refractivity contribution in [2.45, 2.75) is 13.8 Å². The summed E-state index contributed by atoms with van der Waals surface area (Å²) in [5, 5.41) is 5.94. The van der Waals surface area contributed by atoms with Gasteiger partial charge < -0.3 is 9.15 Å². The van der Waals surface area contributed by atoms with Crippen LogP contribution in [0.25, 0.3) is 22.6 Å². The molecule has 0 bridgehead atoms. The standard InChI is InChI=1S/C16H14N2O3S/c1-3-20-16(19)11-5-4-10(2)13(8-11)15-12(6-7-21-15)14-9-22-18-17-14/h4-9H,3H2,1-2H3. The van der Waals surface area contributed by atoms with Crippen LogP contribution in [0.15, 0.2) is 40.3 Å². The largest absolute Gasteiger partial charge is 0.464 e. The van der Waals surface area contributed by atoms with Gasteiger partial charge in [0.15, 0.2) is 0 Å². The molecule has 0 fully saturated rings. The molecule has 0 saturated heterocycles. The summed E-state index contributed by atoms with van der Waals surface area (Å²) < 4.78 is 14.6. The van der Waals surface area contributed by atoms with E-state index in [0.717, 1.165) is 22.4 Å². The van der Waals surface area contributed by atoms with Crippen LogP contribution < -0.4 is 0 Å². The highest BCUT2D eigenvalue weighted by Gasteiger charge is 2.17. The summed E-state index contributed by atoms with van der Waals surface area (Å²) in [6.07, 6.45) is 1.61. The van der Waals surface area contributed by atoms with Crippen molar-refractivity contribution in [3.63, 3.8) is 0 Å². The molecule has 0 radical (unpaired) electrons. The second kappa shape index (κ2) is 6.11. The molecule has 0 spiro atoms. The number of benzene rings is 1. The molecule has 3 rings (SSSR count). The number of carbonyl (C=O) groups is 1. The molecule has 6 heteroatoms. The molecule has 3 aromatic rings. The number of rotatable bonds is 4. The fourth-order valence-corrected chi connectivity index (χ4v) is 2.67. The lowest BCUT2D eigenvalue weighted by atomic mass is 10.00. The number of esters is 1. The van der Waals surface area contributed by atoms with Crippen LogP contribution in [0, 0.1) is 6.92 Å². The van der Waals surface area contributed by atoms with Gasteiger partial charge in [0, 0.05) is 16.5 Å². The molecule has 0 amide bonds. The van der Waals surface area contributed by atoms with Crippen molar-refractivity contribution in [3.05, 3.63) is 47.0 Å². The molecule has 2 aromatic heterocycles. The number of ether oxygens (including phenoxy) is 1. The van der Waals surface area contributed by atoms with Gasteiger partial charge in [0.25, 0.3) is 0 Å². The first kappa shape index (κ1) is 14.5. The molecule has 2 heterocycles. The Morgan fingerprint density at radius 1 is 1.32 bits per heavy atom. The number of nitrogens with zero attached hydrogens (tertiary/aromatic N) is 2. The van der Waals surface area contributed by atoms with Crippen molar-refractivity contribution in [1.82, 2.24) is 9.59 Å². The molecule has 22 heavy (non-hydrogen) atoms. The van der Waals surface area contributed by atoms with Crippen LogP contribution in [0.4, 0.5) is 0 Å². The van der Waals surface area contributed by atoms with Gasteiger partial charge >= 0.3 is 5.97 Å². The van der Waals surface area contributed by atoms with E-state index in [-0.39, 0.29) is 5.97 Å². The Labute approximate surface area is 131 Å². The highest BCUT2D eigenvalue weighted by atomic mass is 32.1. The molecule has 1 aromatic carbocycles. The first-order chi connectivity index (χ1) is 10.7. The molecule has 0 unspecified atom stereocenters. The summed E-state index contributed by atoms with van der Waals surface area (Å²) in [6, 6.07) is 7.27. The number of furan rings is 1. The molecule has 0 aliphatic rings. The Morgan fingerprint density at radius 3 is 2.91 bits per heavy atom. The van der Waals surface area contributed by atoms with Gasteiger partial charge in [-0.25, -0.2) is 4.79 Å². The van der Waals surface area contributed by atoms with Gasteiger partial charge in [-0.05, 0) is 49.1 Å². The zero-order valence-corrected chi connectivity index (χ0v) is 13.0. The first-order valence-electron chi connectivity index (χ1n) is 6.83. The third-order valence-electron chi connectivity index (χ3n) is 3.29. The Kier molecular flexibility index (Phi) is 4.02. The summed E-state index contributed by atoms with van der Waals surface area (Å²) in [6.45, 7) is 4.10. The van der Waals surface area contributed by atoms with Crippen molar-refractivity contribution in [2.75, 3.05) is 6.61 Å². The molecule has 0 N–H and O–H groups in total. The monoisotopic (exact) mass is 314 g/mol. The van der Waals surface area contributed by atoms with E-state index in [9.17, 15) is 4.79 Å². The highest BCUT2D eigenvalue weighted by molar-refractivity contribution is 7.03. The second-order valence-electron chi connectivity index (χ2n) is 4.70. The summed E-state index contributed by atoms with van der Waals surface area (Å²) in [4.78, 5) is 11.9. The smallest absolute Gasteiger partial charge is 0.338 e. The minimum absolute atomic E-state index is 0.341. The molecule has 112 valence electrons. The van der Waals surface area contributed by atoms with Gasteiger partial charge in [0.1, 0.15) is 11.5 Å². The maximum Gasteiger partial charge on any atom is 0.338 e. The topological polar surface area (TPSA) is 65.2 Å². The van der Waals surface area contributed by atoms with E-state index in [1.54, 1.807) is 25.3 Å². The van der Waals surface area contributed by atoms with Crippen LogP contribution in [0.3, 0.4) is 0 Å². The van der Waals surface area contributed by atoms with Gasteiger partial charge in [0.2, 0.25) is 0 Å². The van der Waals surface area contributed by atoms with E-state index in [1.165, 1.54) is 11.5 Å². The van der Waals surface area contributed by atoms with Crippen LogP contribution in [-0.2, 0) is 4.74 Å². The molecule has 0 aliphatic heterocycles. The summed E-state index contributed by atoms with van der Waals surface area (Å²) in [7, 11) is 0. The number of hydrogen-bond donors (Lipinski definition) is 0. The van der Waals surface area contributed by atoms with E-state index in [0.29, 0.717) is 17.9 Å². The molecule has 0 atom stereocenters. The number of carbonyl (C=O) groups excluding carboxylic acids is 1. The second-order valence-corrected chi connectivity index (χ2v) is 5.31. The average Bonchev–Trinajstić information content (AvgIpc) is 3.18. The van der Waals surface area contributed by atoms with Crippen molar-refractivity contribution >= 4 is 17.5 Å². The average molecular weight is 314 g/mol. The van der Waals surface area contributed by atoms with Crippen molar-refractivity contribution in [1.29, 1.82) is 0 Å². The molecule has 0 aliphatic carbocycles. The van der Waals surface area contributed by atoms with E-state index in [1.807, 2.05) is 24.4 Å². The third kappa shape index (κ3) is 2.65. The third-order valence-corrected chi connectivity index (χ3v) is 3.80. The van der Waals surface area contributed by atoms with Crippen LogP contribution >= 0.6 is 11.5 Å². The minimum Gasteiger partial charge on any atom is -0.464 e.